The van der Waals surface area contributed by atoms with Crippen molar-refractivity contribution in [2.45, 2.75) is 6.92 Å². The summed E-state index contributed by atoms with van der Waals surface area (Å²) in [5, 5.41) is 2.73. The number of amides is 1. The van der Waals surface area contributed by atoms with Crippen LogP contribution in [0.25, 0.3) is 0 Å². The molecule has 5 heteroatoms. The van der Waals surface area contributed by atoms with E-state index in [1.807, 2.05) is 25.1 Å². The van der Waals surface area contributed by atoms with E-state index in [0.29, 0.717) is 24.6 Å². The van der Waals surface area contributed by atoms with E-state index in [2.05, 4.69) is 5.32 Å². The number of aryl methyl sites for hydroxylation is 1. The number of benzene rings is 1. The average Bonchev–Trinajstić information content (AvgIpc) is 2.29. The highest BCUT2D eigenvalue weighted by Gasteiger charge is 2.07. The van der Waals surface area contributed by atoms with Crippen LogP contribution in [-0.2, 0) is 9.53 Å². The molecule has 3 N–H and O–H groups in total. The Labute approximate surface area is 101 Å². The standard InChI is InChI=1S/C12H18N2O3/c1-9-3-4-11(16-2)10(7-9)14-12(15)8-17-6-5-13/h3-4,7H,5-6,8,13H2,1-2H3,(H,14,15). The van der Waals surface area contributed by atoms with Gasteiger partial charge in [-0.2, -0.15) is 0 Å². The smallest absolute Gasteiger partial charge is 0.250 e. The van der Waals surface area contributed by atoms with Crippen molar-refractivity contribution < 1.29 is 14.3 Å². The van der Waals surface area contributed by atoms with Crippen molar-refractivity contribution in [2.24, 2.45) is 5.73 Å². The highest BCUT2D eigenvalue weighted by molar-refractivity contribution is 5.93. The number of methoxy groups -OCH3 is 1. The minimum Gasteiger partial charge on any atom is -0.495 e. The molecule has 0 saturated heterocycles. The van der Waals surface area contributed by atoms with Crippen LogP contribution in [0.2, 0.25) is 0 Å². The van der Waals surface area contributed by atoms with Gasteiger partial charge in [0, 0.05) is 6.54 Å². The average molecular weight is 238 g/mol. The van der Waals surface area contributed by atoms with Gasteiger partial charge in [0.1, 0.15) is 12.4 Å². The number of carbonyl (C=O) groups is 1. The number of carbonyl (C=O) groups excluding carboxylic acids is 1. The molecule has 17 heavy (non-hydrogen) atoms. The fourth-order valence-electron chi connectivity index (χ4n) is 1.35. The van der Waals surface area contributed by atoms with Gasteiger partial charge in [0.15, 0.2) is 0 Å². The highest BCUT2D eigenvalue weighted by atomic mass is 16.5. The molecule has 0 aliphatic rings. The first kappa shape index (κ1) is 13.5. The van der Waals surface area contributed by atoms with Crippen LogP contribution in [0.5, 0.6) is 5.75 Å². The van der Waals surface area contributed by atoms with Crippen LogP contribution in [0.15, 0.2) is 18.2 Å². The van der Waals surface area contributed by atoms with Gasteiger partial charge in [0.25, 0.3) is 0 Å². The van der Waals surface area contributed by atoms with Crippen LogP contribution < -0.4 is 15.8 Å². The molecule has 0 aliphatic heterocycles. The lowest BCUT2D eigenvalue weighted by Crippen LogP contribution is -2.21. The number of hydrogen-bond acceptors (Lipinski definition) is 4. The van der Waals surface area contributed by atoms with Crippen molar-refractivity contribution in [3.8, 4) is 5.75 Å². The van der Waals surface area contributed by atoms with Gasteiger partial charge in [0.05, 0.1) is 19.4 Å². The summed E-state index contributed by atoms with van der Waals surface area (Å²) in [6.45, 7) is 2.72. The summed E-state index contributed by atoms with van der Waals surface area (Å²) in [5.74, 6) is 0.408. The lowest BCUT2D eigenvalue weighted by Gasteiger charge is -2.11. The Balaban J connectivity index is 2.60. The number of ether oxygens (including phenoxy) is 2. The number of anilines is 1. The van der Waals surface area contributed by atoms with E-state index >= 15 is 0 Å². The SMILES string of the molecule is COc1ccc(C)cc1NC(=O)COCCN. The van der Waals surface area contributed by atoms with E-state index in [1.165, 1.54) is 0 Å². The second kappa shape index (κ2) is 6.88. The molecule has 0 radical (unpaired) electrons. The van der Waals surface area contributed by atoms with Crippen LogP contribution >= 0.6 is 0 Å². The van der Waals surface area contributed by atoms with Crippen molar-refractivity contribution in [1.29, 1.82) is 0 Å². The van der Waals surface area contributed by atoms with E-state index in [4.69, 9.17) is 15.2 Å². The third kappa shape index (κ3) is 4.42. The molecule has 0 aromatic heterocycles. The van der Waals surface area contributed by atoms with Crippen molar-refractivity contribution in [3.05, 3.63) is 23.8 Å². The van der Waals surface area contributed by atoms with Crippen LogP contribution in [-0.4, -0.2) is 32.8 Å². The molecule has 94 valence electrons. The topological polar surface area (TPSA) is 73.6 Å². The molecule has 0 fully saturated rings. The van der Waals surface area contributed by atoms with Crippen LogP contribution in [0.4, 0.5) is 5.69 Å². The van der Waals surface area contributed by atoms with E-state index in [9.17, 15) is 4.79 Å². The summed E-state index contributed by atoms with van der Waals surface area (Å²) in [7, 11) is 1.56. The van der Waals surface area contributed by atoms with Crippen molar-refractivity contribution >= 4 is 11.6 Å². The molecule has 0 spiro atoms. The number of rotatable bonds is 6. The quantitative estimate of drug-likeness (QED) is 0.723. The normalized spacial score (nSPS) is 10.1. The Bertz CT molecular complexity index is 380. The molecule has 0 aliphatic carbocycles. The molecule has 1 amide bonds. The number of hydrogen-bond donors (Lipinski definition) is 2. The zero-order valence-corrected chi connectivity index (χ0v) is 10.2. The summed E-state index contributed by atoms with van der Waals surface area (Å²) in [6.07, 6.45) is 0. The van der Waals surface area contributed by atoms with Gasteiger partial charge in [-0.15, -0.1) is 0 Å². The summed E-state index contributed by atoms with van der Waals surface area (Å²) in [5.41, 5.74) is 6.95. The predicted molar refractivity (Wildman–Crippen MR) is 66.2 cm³/mol. The minimum absolute atomic E-state index is 0.00566. The molecular weight excluding hydrogens is 220 g/mol. The molecule has 0 atom stereocenters. The molecule has 0 unspecified atom stereocenters. The summed E-state index contributed by atoms with van der Waals surface area (Å²) in [4.78, 5) is 11.5. The summed E-state index contributed by atoms with van der Waals surface area (Å²) in [6, 6.07) is 5.57. The maximum atomic E-state index is 11.5. The van der Waals surface area contributed by atoms with Gasteiger partial charge in [0.2, 0.25) is 5.91 Å². The zero-order chi connectivity index (χ0) is 12.7. The maximum absolute atomic E-state index is 11.5. The zero-order valence-electron chi connectivity index (χ0n) is 10.2. The van der Waals surface area contributed by atoms with E-state index in [0.717, 1.165) is 5.56 Å². The van der Waals surface area contributed by atoms with Crippen molar-refractivity contribution in [1.82, 2.24) is 0 Å². The summed E-state index contributed by atoms with van der Waals surface area (Å²) < 4.78 is 10.2. The van der Waals surface area contributed by atoms with Gasteiger partial charge >= 0.3 is 0 Å². The molecule has 1 aromatic rings. The highest BCUT2D eigenvalue weighted by Crippen LogP contribution is 2.24. The lowest BCUT2D eigenvalue weighted by molar-refractivity contribution is -0.120. The van der Waals surface area contributed by atoms with E-state index in [-0.39, 0.29) is 12.5 Å². The van der Waals surface area contributed by atoms with Crippen LogP contribution in [0, 0.1) is 6.92 Å². The van der Waals surface area contributed by atoms with Crippen molar-refractivity contribution in [2.75, 3.05) is 32.2 Å². The third-order valence-corrected chi connectivity index (χ3v) is 2.12. The number of nitrogens with one attached hydrogen (secondary N) is 1. The number of nitrogens with two attached hydrogens (primary N) is 1. The fourth-order valence-corrected chi connectivity index (χ4v) is 1.35. The van der Waals surface area contributed by atoms with Crippen molar-refractivity contribution in [3.63, 3.8) is 0 Å². The monoisotopic (exact) mass is 238 g/mol. The van der Waals surface area contributed by atoms with Gasteiger partial charge in [-0.1, -0.05) is 6.07 Å². The van der Waals surface area contributed by atoms with Gasteiger partial charge < -0.3 is 20.5 Å². The molecule has 0 bridgehead atoms. The first-order valence-electron chi connectivity index (χ1n) is 5.39. The molecule has 5 nitrogen and oxygen atoms in total. The Morgan fingerprint density at radius 2 is 2.24 bits per heavy atom. The fraction of sp³-hybridized carbons (Fsp3) is 0.417. The Morgan fingerprint density at radius 3 is 2.88 bits per heavy atom. The van der Waals surface area contributed by atoms with Gasteiger partial charge in [-0.3, -0.25) is 4.79 Å². The second-order valence-electron chi connectivity index (χ2n) is 3.59. The van der Waals surface area contributed by atoms with E-state index < -0.39 is 0 Å². The van der Waals surface area contributed by atoms with Gasteiger partial charge in [-0.25, -0.2) is 0 Å². The molecule has 1 rings (SSSR count). The Hall–Kier alpha value is -1.59. The predicted octanol–water partition coefficient (Wildman–Crippen LogP) is 0.917. The minimum atomic E-state index is -0.220. The Kier molecular flexibility index (Phi) is 5.45. The largest absolute Gasteiger partial charge is 0.495 e. The van der Waals surface area contributed by atoms with Crippen LogP contribution in [0.1, 0.15) is 5.56 Å². The maximum Gasteiger partial charge on any atom is 0.250 e. The molecular formula is C12H18N2O3. The Morgan fingerprint density at radius 1 is 1.47 bits per heavy atom. The molecule has 0 heterocycles. The summed E-state index contributed by atoms with van der Waals surface area (Å²) >= 11 is 0. The third-order valence-electron chi connectivity index (χ3n) is 2.12. The first-order chi connectivity index (χ1) is 8.17. The first-order valence-corrected chi connectivity index (χ1v) is 5.39. The van der Waals surface area contributed by atoms with Crippen LogP contribution in [0.3, 0.4) is 0 Å². The lowest BCUT2D eigenvalue weighted by atomic mass is 10.2. The second-order valence-corrected chi connectivity index (χ2v) is 3.59. The van der Waals surface area contributed by atoms with Gasteiger partial charge in [-0.05, 0) is 24.6 Å². The molecule has 1 aromatic carbocycles. The van der Waals surface area contributed by atoms with E-state index in [1.54, 1.807) is 7.11 Å². The molecule has 0 saturated carbocycles.